The van der Waals surface area contributed by atoms with E-state index in [4.69, 9.17) is 21.7 Å². The number of rotatable bonds is 6. The highest BCUT2D eigenvalue weighted by atomic mass is 32.1. The highest BCUT2D eigenvalue weighted by Gasteiger charge is 2.17. The standard InChI is InChI=1S/C22H24N2O2S/c1-2-25-21-14-17(22(27)24-12-6-3-7-13-24)10-11-20(21)26-16-19-9-5-4-8-18(19)15-23/h4-5,8-11,14H,2-3,6-7,12-13,16H2,1H3. The van der Waals surface area contributed by atoms with Gasteiger partial charge >= 0.3 is 0 Å². The van der Waals surface area contributed by atoms with Crippen LogP contribution in [-0.4, -0.2) is 29.6 Å². The highest BCUT2D eigenvalue weighted by molar-refractivity contribution is 7.80. The number of nitriles is 1. The Bertz CT molecular complexity index is 838. The first-order chi connectivity index (χ1) is 13.2. The zero-order chi connectivity index (χ0) is 19.1. The minimum atomic E-state index is 0.319. The Morgan fingerprint density at radius 1 is 1.07 bits per heavy atom. The lowest BCUT2D eigenvalue weighted by molar-refractivity contribution is 0.269. The van der Waals surface area contributed by atoms with E-state index >= 15 is 0 Å². The minimum Gasteiger partial charge on any atom is -0.490 e. The van der Waals surface area contributed by atoms with Gasteiger partial charge in [0.15, 0.2) is 11.5 Å². The van der Waals surface area contributed by atoms with Gasteiger partial charge in [-0.1, -0.05) is 30.4 Å². The monoisotopic (exact) mass is 380 g/mol. The zero-order valence-electron chi connectivity index (χ0n) is 15.6. The van der Waals surface area contributed by atoms with Gasteiger partial charge in [-0.2, -0.15) is 5.26 Å². The molecule has 0 spiro atoms. The second-order valence-electron chi connectivity index (χ2n) is 6.51. The second-order valence-corrected chi connectivity index (χ2v) is 6.89. The van der Waals surface area contributed by atoms with Crippen LogP contribution in [0.1, 0.15) is 42.9 Å². The molecule has 27 heavy (non-hydrogen) atoms. The number of benzene rings is 2. The van der Waals surface area contributed by atoms with Gasteiger partial charge in [-0.3, -0.25) is 0 Å². The maximum Gasteiger partial charge on any atom is 0.161 e. The van der Waals surface area contributed by atoms with Gasteiger partial charge < -0.3 is 14.4 Å². The molecule has 0 aliphatic carbocycles. The number of likely N-dealkylation sites (tertiary alicyclic amines) is 1. The van der Waals surface area contributed by atoms with Crippen molar-refractivity contribution in [2.24, 2.45) is 0 Å². The van der Waals surface area contributed by atoms with Crippen LogP contribution >= 0.6 is 12.2 Å². The number of thiocarbonyl (C=S) groups is 1. The van der Waals surface area contributed by atoms with Gasteiger partial charge in [0.25, 0.3) is 0 Å². The minimum absolute atomic E-state index is 0.319. The predicted octanol–water partition coefficient (Wildman–Crippen LogP) is 4.70. The van der Waals surface area contributed by atoms with Crippen LogP contribution in [0.4, 0.5) is 0 Å². The summed E-state index contributed by atoms with van der Waals surface area (Å²) in [5, 5.41) is 9.23. The van der Waals surface area contributed by atoms with E-state index in [2.05, 4.69) is 11.0 Å². The van der Waals surface area contributed by atoms with Crippen molar-refractivity contribution in [3.8, 4) is 17.6 Å². The molecule has 0 amide bonds. The smallest absolute Gasteiger partial charge is 0.161 e. The summed E-state index contributed by atoms with van der Waals surface area (Å²) < 4.78 is 11.8. The molecule has 4 nitrogen and oxygen atoms in total. The van der Waals surface area contributed by atoms with Crippen LogP contribution < -0.4 is 9.47 Å². The molecular formula is C22H24N2O2S. The number of piperidine rings is 1. The Morgan fingerprint density at radius 3 is 2.59 bits per heavy atom. The Hall–Kier alpha value is -2.58. The van der Waals surface area contributed by atoms with Gasteiger partial charge in [0.1, 0.15) is 11.6 Å². The maximum atomic E-state index is 9.23. The van der Waals surface area contributed by atoms with Gasteiger partial charge in [-0.15, -0.1) is 0 Å². The lowest BCUT2D eigenvalue weighted by Crippen LogP contribution is -2.34. The van der Waals surface area contributed by atoms with E-state index in [0.29, 0.717) is 30.3 Å². The molecule has 5 heteroatoms. The molecular weight excluding hydrogens is 356 g/mol. The van der Waals surface area contributed by atoms with Crippen LogP contribution in [0.2, 0.25) is 0 Å². The molecule has 1 fully saturated rings. The Labute approximate surface area is 166 Å². The molecule has 0 aromatic heterocycles. The molecule has 2 aromatic rings. The average Bonchev–Trinajstić information content (AvgIpc) is 2.73. The molecule has 140 valence electrons. The van der Waals surface area contributed by atoms with Gasteiger partial charge in [0.05, 0.1) is 18.2 Å². The van der Waals surface area contributed by atoms with E-state index in [-0.39, 0.29) is 0 Å². The molecule has 2 aromatic carbocycles. The summed E-state index contributed by atoms with van der Waals surface area (Å²) >= 11 is 5.70. The summed E-state index contributed by atoms with van der Waals surface area (Å²) in [7, 11) is 0. The second kappa shape index (κ2) is 9.38. The SMILES string of the molecule is CCOc1cc(C(=S)N2CCCCC2)ccc1OCc1ccccc1C#N. The lowest BCUT2D eigenvalue weighted by atomic mass is 10.1. The molecule has 1 aliphatic rings. The van der Waals surface area contributed by atoms with Crippen LogP contribution in [-0.2, 0) is 6.61 Å². The largest absolute Gasteiger partial charge is 0.490 e. The Balaban J connectivity index is 1.77. The summed E-state index contributed by atoms with van der Waals surface area (Å²) in [5.41, 5.74) is 2.47. The first-order valence-corrected chi connectivity index (χ1v) is 9.80. The Kier molecular flexibility index (Phi) is 6.67. The fourth-order valence-electron chi connectivity index (χ4n) is 3.22. The molecule has 1 heterocycles. The summed E-state index contributed by atoms with van der Waals surface area (Å²) in [4.78, 5) is 3.14. The van der Waals surface area contributed by atoms with E-state index < -0.39 is 0 Å². The summed E-state index contributed by atoms with van der Waals surface area (Å²) in [6, 6.07) is 15.5. The van der Waals surface area contributed by atoms with Gasteiger partial charge in [-0.05, 0) is 50.5 Å². The van der Waals surface area contributed by atoms with Crippen molar-refractivity contribution < 1.29 is 9.47 Å². The van der Waals surface area contributed by atoms with Crippen LogP contribution in [0.15, 0.2) is 42.5 Å². The van der Waals surface area contributed by atoms with Crippen molar-refractivity contribution in [2.45, 2.75) is 32.8 Å². The summed E-state index contributed by atoms with van der Waals surface area (Å²) in [5.74, 6) is 1.35. The van der Waals surface area contributed by atoms with E-state index in [1.807, 2.05) is 43.3 Å². The van der Waals surface area contributed by atoms with Crippen LogP contribution in [0.25, 0.3) is 0 Å². The van der Waals surface area contributed by atoms with E-state index in [0.717, 1.165) is 29.2 Å². The lowest BCUT2D eigenvalue weighted by Gasteiger charge is -2.29. The normalized spacial score (nSPS) is 13.7. The van der Waals surface area contributed by atoms with Gasteiger partial charge in [-0.25, -0.2) is 0 Å². The van der Waals surface area contributed by atoms with Crippen molar-refractivity contribution in [3.63, 3.8) is 0 Å². The Morgan fingerprint density at radius 2 is 1.85 bits per heavy atom. The fourth-order valence-corrected chi connectivity index (χ4v) is 3.53. The third-order valence-electron chi connectivity index (χ3n) is 4.65. The molecule has 0 unspecified atom stereocenters. The number of hydrogen-bond donors (Lipinski definition) is 0. The van der Waals surface area contributed by atoms with Crippen molar-refractivity contribution in [3.05, 3.63) is 59.2 Å². The zero-order valence-corrected chi connectivity index (χ0v) is 16.4. The molecule has 0 saturated carbocycles. The molecule has 0 bridgehead atoms. The molecule has 1 aliphatic heterocycles. The fraction of sp³-hybridized carbons (Fsp3) is 0.364. The van der Waals surface area contributed by atoms with Gasteiger partial charge in [0, 0.05) is 24.2 Å². The third kappa shape index (κ3) is 4.78. The van der Waals surface area contributed by atoms with Gasteiger partial charge in [0.2, 0.25) is 0 Å². The molecule has 3 rings (SSSR count). The van der Waals surface area contributed by atoms with Crippen molar-refractivity contribution in [1.82, 2.24) is 4.90 Å². The average molecular weight is 381 g/mol. The predicted molar refractivity (Wildman–Crippen MR) is 110 cm³/mol. The van der Waals surface area contributed by atoms with Crippen LogP contribution in [0, 0.1) is 11.3 Å². The highest BCUT2D eigenvalue weighted by Crippen LogP contribution is 2.30. The molecule has 0 N–H and O–H groups in total. The van der Waals surface area contributed by atoms with Crippen LogP contribution in [0.5, 0.6) is 11.5 Å². The summed E-state index contributed by atoms with van der Waals surface area (Å²) in [6.07, 6.45) is 3.66. The number of ether oxygens (including phenoxy) is 2. The van der Waals surface area contributed by atoms with Crippen molar-refractivity contribution in [2.75, 3.05) is 19.7 Å². The topological polar surface area (TPSA) is 45.5 Å². The van der Waals surface area contributed by atoms with E-state index in [1.165, 1.54) is 19.3 Å². The summed E-state index contributed by atoms with van der Waals surface area (Å²) in [6.45, 7) is 4.85. The first kappa shape index (κ1) is 19.2. The molecule has 0 atom stereocenters. The van der Waals surface area contributed by atoms with E-state index in [1.54, 1.807) is 6.07 Å². The number of nitrogens with zero attached hydrogens (tertiary/aromatic N) is 2. The number of hydrogen-bond acceptors (Lipinski definition) is 4. The third-order valence-corrected chi connectivity index (χ3v) is 5.15. The maximum absolute atomic E-state index is 9.23. The van der Waals surface area contributed by atoms with E-state index in [9.17, 15) is 5.26 Å². The molecule has 1 saturated heterocycles. The molecule has 0 radical (unpaired) electrons. The van der Waals surface area contributed by atoms with Crippen molar-refractivity contribution >= 4 is 17.2 Å². The first-order valence-electron chi connectivity index (χ1n) is 9.40. The quantitative estimate of drug-likeness (QED) is 0.680. The van der Waals surface area contributed by atoms with Crippen molar-refractivity contribution in [1.29, 1.82) is 5.26 Å². The van der Waals surface area contributed by atoms with Crippen LogP contribution in [0.3, 0.4) is 0 Å².